The second-order valence-electron chi connectivity index (χ2n) is 4.76. The Morgan fingerprint density at radius 2 is 1.76 bits per heavy atom. The highest BCUT2D eigenvalue weighted by molar-refractivity contribution is 7.16. The van der Waals surface area contributed by atoms with Crippen molar-refractivity contribution < 1.29 is 4.74 Å². The van der Waals surface area contributed by atoms with Crippen LogP contribution in [0, 0.1) is 0 Å². The van der Waals surface area contributed by atoms with Crippen LogP contribution in [0.5, 0.6) is 0 Å². The third kappa shape index (κ3) is 2.75. The van der Waals surface area contributed by atoms with Crippen LogP contribution in [-0.4, -0.2) is 6.61 Å². The summed E-state index contributed by atoms with van der Waals surface area (Å²) in [5.41, 5.74) is 1.79. The third-order valence-electron chi connectivity index (χ3n) is 3.42. The molecule has 3 aromatic rings. The Morgan fingerprint density at radius 3 is 2.52 bits per heavy atom. The maximum Gasteiger partial charge on any atom is 0.194 e. The molecule has 0 saturated carbocycles. The fraction of sp³-hybridized carbons (Fsp3) is 0.167. The summed E-state index contributed by atoms with van der Waals surface area (Å²) in [5, 5.41) is 2.69. The molecular formula is C18H16O2S. The van der Waals surface area contributed by atoms with Crippen LogP contribution < -0.4 is 5.43 Å². The molecule has 0 bridgehead atoms. The zero-order valence-corrected chi connectivity index (χ0v) is 12.6. The van der Waals surface area contributed by atoms with E-state index in [2.05, 4.69) is 0 Å². The molecule has 0 spiro atoms. The molecule has 0 aliphatic carbocycles. The lowest BCUT2D eigenvalue weighted by Gasteiger charge is -2.17. The molecule has 0 aliphatic rings. The predicted molar refractivity (Wildman–Crippen MR) is 88.0 cm³/mol. The number of ether oxygens (including phenoxy) is 1. The summed E-state index contributed by atoms with van der Waals surface area (Å²) in [7, 11) is 0. The molecule has 2 aromatic carbocycles. The smallest absolute Gasteiger partial charge is 0.194 e. The van der Waals surface area contributed by atoms with Gasteiger partial charge in [0.15, 0.2) is 5.43 Å². The highest BCUT2D eigenvalue weighted by Crippen LogP contribution is 2.27. The molecule has 0 N–H and O–H groups in total. The Balaban J connectivity index is 2.16. The minimum absolute atomic E-state index is 0.0617. The first-order valence-corrected chi connectivity index (χ1v) is 7.86. The van der Waals surface area contributed by atoms with Crippen molar-refractivity contribution in [2.24, 2.45) is 0 Å². The van der Waals surface area contributed by atoms with Gasteiger partial charge in [0.2, 0.25) is 0 Å². The van der Waals surface area contributed by atoms with Gasteiger partial charge in [-0.15, -0.1) is 11.3 Å². The van der Waals surface area contributed by atoms with Crippen LogP contribution in [0.2, 0.25) is 0 Å². The van der Waals surface area contributed by atoms with E-state index in [1.807, 2.05) is 66.9 Å². The van der Waals surface area contributed by atoms with Crippen molar-refractivity contribution in [3.05, 3.63) is 81.3 Å². The first-order valence-electron chi connectivity index (χ1n) is 6.98. The van der Waals surface area contributed by atoms with Crippen molar-refractivity contribution in [2.75, 3.05) is 6.61 Å². The van der Waals surface area contributed by atoms with Crippen molar-refractivity contribution in [3.63, 3.8) is 0 Å². The van der Waals surface area contributed by atoms with E-state index < -0.39 is 0 Å². The molecule has 3 heteroatoms. The predicted octanol–water partition coefficient (Wildman–Crippen LogP) is 4.39. The second-order valence-corrected chi connectivity index (χ2v) is 5.67. The monoisotopic (exact) mass is 296 g/mol. The average molecular weight is 296 g/mol. The number of rotatable bonds is 4. The number of fused-ring (bicyclic) bond motifs is 1. The maximum atomic E-state index is 12.7. The average Bonchev–Trinajstić information content (AvgIpc) is 2.55. The van der Waals surface area contributed by atoms with Crippen LogP contribution in [-0.2, 0) is 4.74 Å². The lowest BCUT2D eigenvalue weighted by molar-refractivity contribution is 0.0910. The summed E-state index contributed by atoms with van der Waals surface area (Å²) in [5.74, 6) is 0. The standard InChI is InChI=1S/C18H16O2S/c1-2-20-18(13-8-4-3-5-9-13)15-12-21-16-11-7-6-10-14(16)17(15)19/h3-12,18H,2H2,1H3/t18-/m1/s1. The lowest BCUT2D eigenvalue weighted by Crippen LogP contribution is -2.16. The summed E-state index contributed by atoms with van der Waals surface area (Å²) in [6.45, 7) is 2.52. The van der Waals surface area contributed by atoms with Gasteiger partial charge in [-0.25, -0.2) is 0 Å². The zero-order valence-electron chi connectivity index (χ0n) is 11.8. The van der Waals surface area contributed by atoms with E-state index in [0.717, 1.165) is 15.6 Å². The summed E-state index contributed by atoms with van der Waals surface area (Å²) >= 11 is 1.59. The van der Waals surface area contributed by atoms with Gasteiger partial charge in [0.05, 0.1) is 0 Å². The third-order valence-corrected chi connectivity index (χ3v) is 4.41. The van der Waals surface area contributed by atoms with Crippen molar-refractivity contribution in [1.82, 2.24) is 0 Å². The van der Waals surface area contributed by atoms with E-state index in [-0.39, 0.29) is 11.5 Å². The molecule has 1 aromatic heterocycles. The topological polar surface area (TPSA) is 26.3 Å². The van der Waals surface area contributed by atoms with Gasteiger partial charge in [0, 0.05) is 27.6 Å². The Labute approximate surface area is 127 Å². The molecule has 1 heterocycles. The van der Waals surface area contributed by atoms with Crippen LogP contribution in [0.25, 0.3) is 10.1 Å². The van der Waals surface area contributed by atoms with Gasteiger partial charge in [0.25, 0.3) is 0 Å². The molecule has 106 valence electrons. The van der Waals surface area contributed by atoms with Crippen LogP contribution in [0.3, 0.4) is 0 Å². The Hall–Kier alpha value is -1.97. The van der Waals surface area contributed by atoms with Gasteiger partial charge in [-0.2, -0.15) is 0 Å². The minimum Gasteiger partial charge on any atom is -0.369 e. The minimum atomic E-state index is -0.301. The summed E-state index contributed by atoms with van der Waals surface area (Å²) < 4.78 is 6.86. The second kappa shape index (κ2) is 6.20. The van der Waals surface area contributed by atoms with Gasteiger partial charge in [-0.3, -0.25) is 4.79 Å². The first kappa shape index (κ1) is 14.0. The quantitative estimate of drug-likeness (QED) is 0.714. The summed E-state index contributed by atoms with van der Waals surface area (Å²) in [4.78, 5) is 12.7. The van der Waals surface area contributed by atoms with E-state index >= 15 is 0 Å². The summed E-state index contributed by atoms with van der Waals surface area (Å²) in [6, 6.07) is 17.6. The lowest BCUT2D eigenvalue weighted by atomic mass is 10.0. The van der Waals surface area contributed by atoms with Crippen LogP contribution in [0.4, 0.5) is 0 Å². The van der Waals surface area contributed by atoms with E-state index in [1.165, 1.54) is 0 Å². The van der Waals surface area contributed by atoms with E-state index in [4.69, 9.17) is 4.74 Å². The van der Waals surface area contributed by atoms with Crippen LogP contribution in [0.15, 0.2) is 64.8 Å². The molecule has 0 fully saturated rings. The Bertz CT molecular complexity index is 793. The van der Waals surface area contributed by atoms with Crippen LogP contribution in [0.1, 0.15) is 24.2 Å². The Morgan fingerprint density at radius 1 is 1.05 bits per heavy atom. The molecule has 0 unspecified atom stereocenters. The van der Waals surface area contributed by atoms with Gasteiger partial charge in [-0.1, -0.05) is 42.5 Å². The molecule has 21 heavy (non-hydrogen) atoms. The van der Waals surface area contributed by atoms with Crippen molar-refractivity contribution in [3.8, 4) is 0 Å². The van der Waals surface area contributed by atoms with E-state index in [9.17, 15) is 4.79 Å². The fourth-order valence-electron chi connectivity index (χ4n) is 2.43. The first-order chi connectivity index (χ1) is 10.3. The molecule has 0 saturated heterocycles. The van der Waals surface area contributed by atoms with Crippen molar-refractivity contribution >= 4 is 21.4 Å². The highest BCUT2D eigenvalue weighted by Gasteiger charge is 2.18. The molecule has 0 amide bonds. The van der Waals surface area contributed by atoms with Gasteiger partial charge >= 0.3 is 0 Å². The number of hydrogen-bond acceptors (Lipinski definition) is 3. The largest absolute Gasteiger partial charge is 0.369 e. The molecule has 3 rings (SSSR count). The van der Waals surface area contributed by atoms with Crippen molar-refractivity contribution in [1.29, 1.82) is 0 Å². The Kier molecular flexibility index (Phi) is 4.13. The van der Waals surface area contributed by atoms with Gasteiger partial charge in [-0.05, 0) is 24.6 Å². The SMILES string of the molecule is CCO[C@H](c1ccccc1)c1csc2ccccc2c1=O. The molecule has 0 radical (unpaired) electrons. The fourth-order valence-corrected chi connectivity index (χ4v) is 3.36. The highest BCUT2D eigenvalue weighted by atomic mass is 32.1. The number of benzene rings is 2. The zero-order chi connectivity index (χ0) is 14.7. The van der Waals surface area contributed by atoms with Crippen LogP contribution >= 0.6 is 11.3 Å². The summed E-state index contributed by atoms with van der Waals surface area (Å²) in [6.07, 6.45) is -0.301. The molecule has 1 atom stereocenters. The van der Waals surface area contributed by atoms with Gasteiger partial charge < -0.3 is 4.74 Å². The van der Waals surface area contributed by atoms with Gasteiger partial charge in [0.1, 0.15) is 6.10 Å². The maximum absolute atomic E-state index is 12.7. The molecule has 0 aliphatic heterocycles. The molecule has 2 nitrogen and oxygen atoms in total. The van der Waals surface area contributed by atoms with Crippen molar-refractivity contribution in [2.45, 2.75) is 13.0 Å². The van der Waals surface area contributed by atoms with E-state index in [0.29, 0.717) is 12.2 Å². The van der Waals surface area contributed by atoms with E-state index in [1.54, 1.807) is 11.3 Å². The molecular weight excluding hydrogens is 280 g/mol. The number of hydrogen-bond donors (Lipinski definition) is 0. The normalized spacial score (nSPS) is 12.4.